The molecule has 0 aliphatic heterocycles. The van der Waals surface area contributed by atoms with Crippen molar-refractivity contribution in [3.05, 3.63) is 23.8 Å². The Labute approximate surface area is 92.4 Å². The Bertz CT molecular complexity index is 355. The normalized spacial score (nSPS) is 9.93. The Hall–Kier alpha value is -1.36. The van der Waals surface area contributed by atoms with Gasteiger partial charge in [-0.05, 0) is 24.5 Å². The molecule has 1 rings (SSSR count). The smallest absolute Gasteiger partial charge is 0.339 e. The van der Waals surface area contributed by atoms with Gasteiger partial charge in [-0.15, -0.1) is 0 Å². The van der Waals surface area contributed by atoms with Crippen molar-refractivity contribution in [1.82, 2.24) is 0 Å². The van der Waals surface area contributed by atoms with Crippen LogP contribution in [0.1, 0.15) is 10.4 Å². The molecule has 1 aromatic carbocycles. The second-order valence-corrected chi connectivity index (χ2v) is 3.89. The van der Waals surface area contributed by atoms with Gasteiger partial charge in [0, 0.05) is 11.4 Å². The summed E-state index contributed by atoms with van der Waals surface area (Å²) in [6, 6.07) is 4.61. The number of rotatable bonds is 5. The Kier molecular flexibility index (Phi) is 4.30. The number of nitrogens with two attached hydrogens (primary N) is 1. The molecule has 0 aliphatic rings. The quantitative estimate of drug-likeness (QED) is 0.591. The SMILES string of the molecule is CSCCOc1ccc(N)cc1C(=O)O. The highest BCUT2D eigenvalue weighted by Gasteiger charge is 2.11. The maximum atomic E-state index is 10.9. The van der Waals surface area contributed by atoms with Crippen molar-refractivity contribution < 1.29 is 14.6 Å². The Balaban J connectivity index is 2.81. The van der Waals surface area contributed by atoms with Crippen LogP contribution in [0, 0.1) is 0 Å². The van der Waals surface area contributed by atoms with E-state index in [0.717, 1.165) is 5.75 Å². The van der Waals surface area contributed by atoms with Crippen molar-refractivity contribution >= 4 is 23.4 Å². The van der Waals surface area contributed by atoms with Gasteiger partial charge in [-0.3, -0.25) is 0 Å². The summed E-state index contributed by atoms with van der Waals surface area (Å²) in [6.45, 7) is 0.491. The molecule has 0 aromatic heterocycles. The van der Waals surface area contributed by atoms with Gasteiger partial charge in [-0.2, -0.15) is 11.8 Å². The van der Waals surface area contributed by atoms with Crippen molar-refractivity contribution in [2.24, 2.45) is 0 Å². The average Bonchev–Trinajstić information content (AvgIpc) is 2.20. The molecule has 0 bridgehead atoms. The molecule has 1 aromatic rings. The molecule has 0 unspecified atom stereocenters. The van der Waals surface area contributed by atoms with Gasteiger partial charge in [0.05, 0.1) is 6.61 Å². The predicted octanol–water partition coefficient (Wildman–Crippen LogP) is 1.71. The minimum Gasteiger partial charge on any atom is -0.492 e. The van der Waals surface area contributed by atoms with E-state index in [2.05, 4.69) is 0 Å². The van der Waals surface area contributed by atoms with Crippen molar-refractivity contribution in [3.63, 3.8) is 0 Å². The zero-order chi connectivity index (χ0) is 11.3. The van der Waals surface area contributed by atoms with E-state index in [9.17, 15) is 4.79 Å². The van der Waals surface area contributed by atoms with Crippen molar-refractivity contribution in [2.45, 2.75) is 0 Å². The highest BCUT2D eigenvalue weighted by Crippen LogP contribution is 2.21. The zero-order valence-corrected chi connectivity index (χ0v) is 9.21. The van der Waals surface area contributed by atoms with Gasteiger partial charge >= 0.3 is 5.97 Å². The number of carbonyl (C=O) groups is 1. The van der Waals surface area contributed by atoms with Crippen LogP contribution in [0.15, 0.2) is 18.2 Å². The summed E-state index contributed by atoms with van der Waals surface area (Å²) >= 11 is 1.64. The van der Waals surface area contributed by atoms with Gasteiger partial charge in [0.15, 0.2) is 0 Å². The molecule has 0 radical (unpaired) electrons. The van der Waals surface area contributed by atoms with Crippen LogP contribution in [0.25, 0.3) is 0 Å². The number of thioether (sulfide) groups is 1. The van der Waals surface area contributed by atoms with Gasteiger partial charge in [-0.25, -0.2) is 4.79 Å². The number of ether oxygens (including phenoxy) is 1. The molecule has 0 spiro atoms. The van der Waals surface area contributed by atoms with Crippen molar-refractivity contribution in [2.75, 3.05) is 24.3 Å². The number of hydrogen-bond acceptors (Lipinski definition) is 4. The molecular formula is C10H13NO3S. The molecule has 0 fully saturated rings. The highest BCUT2D eigenvalue weighted by atomic mass is 32.2. The third-order valence-electron chi connectivity index (χ3n) is 1.78. The van der Waals surface area contributed by atoms with E-state index < -0.39 is 5.97 Å². The van der Waals surface area contributed by atoms with Crippen LogP contribution in [-0.2, 0) is 0 Å². The first-order valence-corrected chi connectivity index (χ1v) is 5.79. The summed E-state index contributed by atoms with van der Waals surface area (Å²) < 4.78 is 5.34. The molecule has 5 heteroatoms. The lowest BCUT2D eigenvalue weighted by Crippen LogP contribution is -2.06. The summed E-state index contributed by atoms with van der Waals surface area (Å²) in [4.78, 5) is 10.9. The average molecular weight is 227 g/mol. The largest absolute Gasteiger partial charge is 0.492 e. The molecule has 0 atom stereocenters. The van der Waals surface area contributed by atoms with Crippen LogP contribution in [0.2, 0.25) is 0 Å². The summed E-state index contributed by atoms with van der Waals surface area (Å²) in [5, 5.41) is 8.91. The van der Waals surface area contributed by atoms with Crippen LogP contribution in [-0.4, -0.2) is 29.7 Å². The van der Waals surface area contributed by atoms with Gasteiger partial charge in [0.2, 0.25) is 0 Å². The Morgan fingerprint density at radius 2 is 2.33 bits per heavy atom. The van der Waals surface area contributed by atoms with Crippen molar-refractivity contribution in [3.8, 4) is 5.75 Å². The molecule has 0 aliphatic carbocycles. The van der Waals surface area contributed by atoms with E-state index in [1.807, 2.05) is 6.26 Å². The molecular weight excluding hydrogens is 214 g/mol. The first kappa shape index (κ1) is 11.7. The number of carboxylic acid groups (broad SMARTS) is 1. The minimum absolute atomic E-state index is 0.108. The summed E-state index contributed by atoms with van der Waals surface area (Å²) in [5.41, 5.74) is 6.03. The number of hydrogen-bond donors (Lipinski definition) is 2. The molecule has 0 saturated heterocycles. The van der Waals surface area contributed by atoms with Crippen molar-refractivity contribution in [1.29, 1.82) is 0 Å². The third-order valence-corrected chi connectivity index (χ3v) is 2.35. The fraction of sp³-hybridized carbons (Fsp3) is 0.300. The second kappa shape index (κ2) is 5.50. The predicted molar refractivity (Wildman–Crippen MR) is 61.7 cm³/mol. The molecule has 3 N–H and O–H groups in total. The minimum atomic E-state index is -1.03. The highest BCUT2D eigenvalue weighted by molar-refractivity contribution is 7.98. The van der Waals surface area contributed by atoms with Crippen LogP contribution in [0.5, 0.6) is 5.75 Å². The van der Waals surface area contributed by atoms with Gasteiger partial charge in [0.25, 0.3) is 0 Å². The fourth-order valence-electron chi connectivity index (χ4n) is 1.08. The molecule has 0 amide bonds. The maximum Gasteiger partial charge on any atom is 0.339 e. The lowest BCUT2D eigenvalue weighted by Gasteiger charge is -2.08. The van der Waals surface area contributed by atoms with E-state index >= 15 is 0 Å². The maximum absolute atomic E-state index is 10.9. The van der Waals surface area contributed by atoms with Gasteiger partial charge in [0.1, 0.15) is 11.3 Å². The number of anilines is 1. The topological polar surface area (TPSA) is 72.5 Å². The number of carboxylic acids is 1. The van der Waals surface area contributed by atoms with Crippen LogP contribution in [0.4, 0.5) is 5.69 Å². The monoisotopic (exact) mass is 227 g/mol. The number of benzene rings is 1. The molecule has 4 nitrogen and oxygen atoms in total. The summed E-state index contributed by atoms with van der Waals surface area (Å²) in [6.07, 6.45) is 1.96. The Morgan fingerprint density at radius 3 is 2.93 bits per heavy atom. The third kappa shape index (κ3) is 3.36. The van der Waals surface area contributed by atoms with E-state index in [4.69, 9.17) is 15.6 Å². The van der Waals surface area contributed by atoms with E-state index in [-0.39, 0.29) is 5.56 Å². The summed E-state index contributed by atoms with van der Waals surface area (Å²) in [7, 11) is 0. The van der Waals surface area contributed by atoms with E-state index in [1.165, 1.54) is 6.07 Å². The Morgan fingerprint density at radius 1 is 1.60 bits per heavy atom. The molecule has 0 heterocycles. The zero-order valence-electron chi connectivity index (χ0n) is 8.40. The van der Waals surface area contributed by atoms with E-state index in [0.29, 0.717) is 18.0 Å². The first-order chi connectivity index (χ1) is 7.15. The van der Waals surface area contributed by atoms with Crippen LogP contribution < -0.4 is 10.5 Å². The standard InChI is InChI=1S/C10H13NO3S/c1-15-5-4-14-9-3-2-7(11)6-8(9)10(12)13/h2-3,6H,4-5,11H2,1H3,(H,12,13). The fourth-order valence-corrected chi connectivity index (χ4v) is 1.33. The van der Waals surface area contributed by atoms with Crippen LogP contribution >= 0.6 is 11.8 Å². The van der Waals surface area contributed by atoms with Gasteiger partial charge in [-0.1, -0.05) is 0 Å². The molecule has 0 saturated carbocycles. The summed E-state index contributed by atoms with van der Waals surface area (Å²) in [5.74, 6) is 0.163. The molecule has 15 heavy (non-hydrogen) atoms. The number of aromatic carboxylic acids is 1. The van der Waals surface area contributed by atoms with E-state index in [1.54, 1.807) is 23.9 Å². The lowest BCUT2D eigenvalue weighted by atomic mass is 10.2. The molecule has 82 valence electrons. The first-order valence-electron chi connectivity index (χ1n) is 4.39. The number of nitrogen functional groups attached to an aromatic ring is 1. The second-order valence-electron chi connectivity index (χ2n) is 2.90. The van der Waals surface area contributed by atoms with Gasteiger partial charge < -0.3 is 15.6 Å². The van der Waals surface area contributed by atoms with Crippen LogP contribution in [0.3, 0.4) is 0 Å². The lowest BCUT2D eigenvalue weighted by molar-refractivity contribution is 0.0692.